The van der Waals surface area contributed by atoms with E-state index in [9.17, 15) is 13.2 Å². The zero-order valence-electron chi connectivity index (χ0n) is 19.3. The fourth-order valence-corrected chi connectivity index (χ4v) is 4.57. The molecule has 0 aliphatic rings. The Kier molecular flexibility index (Phi) is 10.2. The second kappa shape index (κ2) is 12.6. The van der Waals surface area contributed by atoms with Crippen LogP contribution in [0.3, 0.4) is 0 Å². The zero-order chi connectivity index (χ0) is 23.6. The number of amides is 1. The summed E-state index contributed by atoms with van der Waals surface area (Å²) in [5.41, 5.74) is 1.53. The van der Waals surface area contributed by atoms with E-state index in [-0.39, 0.29) is 30.0 Å². The molecule has 0 heterocycles. The van der Waals surface area contributed by atoms with Crippen molar-refractivity contribution in [2.75, 3.05) is 26.3 Å². The van der Waals surface area contributed by atoms with Crippen molar-refractivity contribution in [2.24, 2.45) is 0 Å². The third-order valence-corrected chi connectivity index (χ3v) is 6.49. The van der Waals surface area contributed by atoms with Gasteiger partial charge in [0, 0.05) is 19.7 Å². The number of benzene rings is 2. The fraction of sp³-hybridized carbons (Fsp3) is 0.458. The van der Waals surface area contributed by atoms with Gasteiger partial charge in [-0.25, -0.2) is 8.42 Å². The molecule has 1 amide bonds. The fourth-order valence-electron chi connectivity index (χ4n) is 3.10. The number of rotatable bonds is 13. The smallest absolute Gasteiger partial charge is 0.243 e. The molecule has 2 aromatic rings. The second-order valence-electron chi connectivity index (χ2n) is 7.74. The maximum atomic E-state index is 13.4. The molecule has 8 heteroatoms. The van der Waals surface area contributed by atoms with E-state index in [0.717, 1.165) is 11.1 Å². The Hall–Kier alpha value is -2.42. The molecule has 0 bridgehead atoms. The van der Waals surface area contributed by atoms with Crippen LogP contribution in [0, 0.1) is 6.92 Å². The molecule has 7 nitrogen and oxygen atoms in total. The van der Waals surface area contributed by atoms with Gasteiger partial charge < -0.3 is 14.8 Å². The minimum absolute atomic E-state index is 0.0965. The molecule has 1 N–H and O–H groups in total. The molecule has 0 saturated heterocycles. The number of hydrogen-bond acceptors (Lipinski definition) is 5. The van der Waals surface area contributed by atoms with E-state index in [2.05, 4.69) is 5.32 Å². The molecule has 0 aromatic heterocycles. The summed E-state index contributed by atoms with van der Waals surface area (Å²) in [4.78, 5) is 12.7. The molecule has 2 aromatic carbocycles. The lowest BCUT2D eigenvalue weighted by atomic mass is 10.2. The quantitative estimate of drug-likeness (QED) is 0.461. The Labute approximate surface area is 191 Å². The van der Waals surface area contributed by atoms with Crippen molar-refractivity contribution in [3.05, 3.63) is 59.7 Å². The van der Waals surface area contributed by atoms with Crippen LogP contribution < -0.4 is 10.1 Å². The van der Waals surface area contributed by atoms with Crippen LogP contribution in [0.15, 0.2) is 53.4 Å². The van der Waals surface area contributed by atoms with Gasteiger partial charge in [0.15, 0.2) is 0 Å². The topological polar surface area (TPSA) is 84.9 Å². The summed E-state index contributed by atoms with van der Waals surface area (Å²) < 4.78 is 39.1. The Morgan fingerprint density at radius 2 is 1.84 bits per heavy atom. The first-order chi connectivity index (χ1) is 15.2. The van der Waals surface area contributed by atoms with Crippen LogP contribution in [-0.4, -0.2) is 51.0 Å². The minimum atomic E-state index is -3.90. The Balaban J connectivity index is 2.17. The van der Waals surface area contributed by atoms with Gasteiger partial charge >= 0.3 is 0 Å². The minimum Gasteiger partial charge on any atom is -0.494 e. The normalized spacial score (nSPS) is 11.7. The number of carbonyl (C=O) groups excluding carboxylic acids is 1. The lowest BCUT2D eigenvalue weighted by molar-refractivity contribution is -0.121. The van der Waals surface area contributed by atoms with E-state index in [0.29, 0.717) is 31.9 Å². The van der Waals surface area contributed by atoms with Gasteiger partial charge in [0.25, 0.3) is 0 Å². The summed E-state index contributed by atoms with van der Waals surface area (Å²) in [6.45, 7) is 8.86. The monoisotopic (exact) mass is 462 g/mol. The van der Waals surface area contributed by atoms with E-state index < -0.39 is 10.0 Å². The predicted molar refractivity (Wildman–Crippen MR) is 125 cm³/mol. The van der Waals surface area contributed by atoms with Gasteiger partial charge in [-0.3, -0.25) is 4.79 Å². The van der Waals surface area contributed by atoms with E-state index in [1.54, 1.807) is 19.1 Å². The van der Waals surface area contributed by atoms with Crippen molar-refractivity contribution in [3.8, 4) is 5.75 Å². The van der Waals surface area contributed by atoms with Gasteiger partial charge in [0.1, 0.15) is 5.75 Å². The summed E-state index contributed by atoms with van der Waals surface area (Å²) in [5, 5.41) is 2.79. The molecule has 32 heavy (non-hydrogen) atoms. The lowest BCUT2D eigenvalue weighted by Crippen LogP contribution is -2.40. The van der Waals surface area contributed by atoms with Crippen molar-refractivity contribution < 1.29 is 22.7 Å². The number of sulfonamides is 1. The number of carbonyl (C=O) groups is 1. The van der Waals surface area contributed by atoms with Crippen molar-refractivity contribution in [2.45, 2.75) is 51.7 Å². The van der Waals surface area contributed by atoms with Crippen LogP contribution in [0.1, 0.15) is 38.3 Å². The van der Waals surface area contributed by atoms with Crippen molar-refractivity contribution in [1.29, 1.82) is 0 Å². The van der Waals surface area contributed by atoms with Crippen LogP contribution in [0.5, 0.6) is 5.75 Å². The first kappa shape index (κ1) is 25.8. The first-order valence-electron chi connectivity index (χ1n) is 10.9. The van der Waals surface area contributed by atoms with Crippen LogP contribution in [0.25, 0.3) is 0 Å². The van der Waals surface area contributed by atoms with Gasteiger partial charge in [-0.05, 0) is 63.4 Å². The highest BCUT2D eigenvalue weighted by Crippen LogP contribution is 2.25. The van der Waals surface area contributed by atoms with Crippen molar-refractivity contribution in [3.63, 3.8) is 0 Å². The number of ether oxygens (including phenoxy) is 2. The van der Waals surface area contributed by atoms with Gasteiger partial charge in [0.2, 0.25) is 15.9 Å². The van der Waals surface area contributed by atoms with Crippen molar-refractivity contribution in [1.82, 2.24) is 9.62 Å². The summed E-state index contributed by atoms with van der Waals surface area (Å²) >= 11 is 0. The third kappa shape index (κ3) is 7.93. The maximum Gasteiger partial charge on any atom is 0.243 e. The molecule has 2 rings (SSSR count). The molecule has 0 radical (unpaired) electrons. The number of aryl methyl sites for hydroxylation is 1. The molecule has 0 saturated carbocycles. The number of hydrogen-bond donors (Lipinski definition) is 1. The maximum absolute atomic E-state index is 13.4. The molecule has 176 valence electrons. The standard InChI is InChI=1S/C24H34N2O5S/c1-5-30-23-13-12-22(16-20(23)4)32(28,29)26(17-21-10-7-6-8-11-21)18-24(27)25-14-9-15-31-19(2)3/h6-8,10-13,16,19H,5,9,14-15,17-18H2,1-4H3,(H,25,27). The van der Waals surface area contributed by atoms with Gasteiger partial charge in [0.05, 0.1) is 24.2 Å². The Bertz CT molecular complexity index is 962. The molecule has 0 unspecified atom stereocenters. The van der Waals surface area contributed by atoms with Gasteiger partial charge in [-0.15, -0.1) is 0 Å². The Morgan fingerprint density at radius 1 is 1.12 bits per heavy atom. The van der Waals surface area contributed by atoms with Crippen LogP contribution in [0.4, 0.5) is 0 Å². The highest BCUT2D eigenvalue weighted by Gasteiger charge is 2.27. The highest BCUT2D eigenvalue weighted by atomic mass is 32.2. The lowest BCUT2D eigenvalue weighted by Gasteiger charge is -2.22. The third-order valence-electron chi connectivity index (χ3n) is 4.70. The summed E-state index contributed by atoms with van der Waals surface area (Å²) in [5.74, 6) is 0.291. The van der Waals surface area contributed by atoms with Gasteiger partial charge in [-0.2, -0.15) is 4.31 Å². The number of nitrogens with one attached hydrogen (secondary N) is 1. The molecule has 0 fully saturated rings. The average molecular weight is 463 g/mol. The summed E-state index contributed by atoms with van der Waals surface area (Å²) in [6.07, 6.45) is 0.794. The molecule has 0 atom stereocenters. The van der Waals surface area contributed by atoms with E-state index >= 15 is 0 Å². The second-order valence-corrected chi connectivity index (χ2v) is 9.68. The largest absolute Gasteiger partial charge is 0.494 e. The molecule has 0 spiro atoms. The SMILES string of the molecule is CCOc1ccc(S(=O)(=O)N(CC(=O)NCCCOC(C)C)Cc2ccccc2)cc1C. The van der Waals surface area contributed by atoms with E-state index in [1.807, 2.05) is 51.1 Å². The van der Waals surface area contributed by atoms with E-state index in [4.69, 9.17) is 9.47 Å². The van der Waals surface area contributed by atoms with E-state index in [1.165, 1.54) is 10.4 Å². The first-order valence-corrected chi connectivity index (χ1v) is 12.3. The highest BCUT2D eigenvalue weighted by molar-refractivity contribution is 7.89. The molecular formula is C24H34N2O5S. The van der Waals surface area contributed by atoms with Crippen LogP contribution in [-0.2, 0) is 26.1 Å². The number of nitrogens with zero attached hydrogens (tertiary/aromatic N) is 1. The zero-order valence-corrected chi connectivity index (χ0v) is 20.2. The predicted octanol–water partition coefficient (Wildman–Crippen LogP) is 3.52. The molecular weight excluding hydrogens is 428 g/mol. The summed E-state index contributed by atoms with van der Waals surface area (Å²) in [7, 11) is -3.90. The molecule has 0 aliphatic heterocycles. The Morgan fingerprint density at radius 3 is 2.47 bits per heavy atom. The summed E-state index contributed by atoms with van der Waals surface area (Å²) in [6, 6.07) is 14.0. The van der Waals surface area contributed by atoms with Crippen LogP contribution >= 0.6 is 0 Å². The molecule has 0 aliphatic carbocycles. The van der Waals surface area contributed by atoms with Crippen molar-refractivity contribution >= 4 is 15.9 Å². The average Bonchev–Trinajstić information content (AvgIpc) is 2.75. The van der Waals surface area contributed by atoms with Crippen LogP contribution in [0.2, 0.25) is 0 Å². The van der Waals surface area contributed by atoms with Gasteiger partial charge in [-0.1, -0.05) is 30.3 Å².